The highest BCUT2D eigenvalue weighted by molar-refractivity contribution is 5.85. The number of alkyl halides is 3. The number of carbonyl (C=O) groups excluding carboxylic acids is 1. The van der Waals surface area contributed by atoms with Crippen LogP contribution in [0.2, 0.25) is 0 Å². The molecule has 1 aromatic rings. The van der Waals surface area contributed by atoms with Crippen LogP contribution in [0, 0.1) is 0 Å². The van der Waals surface area contributed by atoms with E-state index in [1.165, 1.54) is 12.1 Å². The van der Waals surface area contributed by atoms with Crippen molar-refractivity contribution in [3.05, 3.63) is 35.4 Å². The smallest absolute Gasteiger partial charge is 0.341 e. The fraction of sp³-hybridized carbons (Fsp3) is 0.588. The van der Waals surface area contributed by atoms with Crippen molar-refractivity contribution >= 4 is 18.3 Å². The van der Waals surface area contributed by atoms with E-state index in [1.54, 1.807) is 11.0 Å². The maximum atomic E-state index is 13.0. The zero-order valence-electron chi connectivity index (χ0n) is 13.9. The second-order valence-electron chi connectivity index (χ2n) is 6.40. The highest BCUT2D eigenvalue weighted by atomic mass is 35.5. The van der Waals surface area contributed by atoms with E-state index >= 15 is 0 Å². The van der Waals surface area contributed by atoms with E-state index in [1.807, 2.05) is 0 Å². The van der Waals surface area contributed by atoms with Gasteiger partial charge in [0.15, 0.2) is 0 Å². The first-order valence-corrected chi connectivity index (χ1v) is 8.33. The maximum absolute atomic E-state index is 13.0. The number of nitrogens with zero attached hydrogens (tertiary/aromatic N) is 2. The summed E-state index contributed by atoms with van der Waals surface area (Å²) in [5.41, 5.74) is -0.656. The van der Waals surface area contributed by atoms with Crippen molar-refractivity contribution in [2.24, 2.45) is 0 Å². The fourth-order valence-corrected chi connectivity index (χ4v) is 3.54. The van der Waals surface area contributed by atoms with Gasteiger partial charge in [0, 0.05) is 45.3 Å². The summed E-state index contributed by atoms with van der Waals surface area (Å²) in [6, 6.07) is 5.66. The van der Waals surface area contributed by atoms with E-state index in [9.17, 15) is 18.0 Å². The molecule has 1 atom stereocenters. The summed E-state index contributed by atoms with van der Waals surface area (Å²) in [6.07, 6.45) is -3.72. The Balaban J connectivity index is 0.00000225. The van der Waals surface area contributed by atoms with Crippen LogP contribution < -0.4 is 5.32 Å². The minimum absolute atomic E-state index is 0. The summed E-state index contributed by atoms with van der Waals surface area (Å²) in [5.74, 6) is -0.218. The number of hydrogen-bond acceptors (Lipinski definition) is 3. The van der Waals surface area contributed by atoms with Gasteiger partial charge in [-0.2, -0.15) is 13.2 Å². The fourth-order valence-electron chi connectivity index (χ4n) is 3.54. The van der Waals surface area contributed by atoms with Gasteiger partial charge in [-0.3, -0.25) is 9.69 Å². The third-order valence-electron chi connectivity index (χ3n) is 4.85. The summed E-state index contributed by atoms with van der Waals surface area (Å²) >= 11 is 0. The number of rotatable bonds is 3. The van der Waals surface area contributed by atoms with Gasteiger partial charge >= 0.3 is 6.18 Å². The van der Waals surface area contributed by atoms with Gasteiger partial charge in [0.05, 0.1) is 12.0 Å². The summed E-state index contributed by atoms with van der Waals surface area (Å²) in [5, 5.41) is 3.30. The lowest BCUT2D eigenvalue weighted by Gasteiger charge is -2.32. The van der Waals surface area contributed by atoms with E-state index in [4.69, 9.17) is 0 Å². The standard InChI is InChI=1S/C17H22F3N3O.ClH/c18-17(19,20)15-4-2-1-3-13(15)11-16(24)23-8-5-14(12-23)22-9-6-21-7-10-22;/h1-4,14,21H,5-12H2;1H. The number of benzene rings is 1. The summed E-state index contributed by atoms with van der Waals surface area (Å²) in [7, 11) is 0. The first-order valence-electron chi connectivity index (χ1n) is 8.33. The Kier molecular flexibility index (Phi) is 6.71. The summed E-state index contributed by atoms with van der Waals surface area (Å²) in [4.78, 5) is 16.5. The number of nitrogens with one attached hydrogen (secondary N) is 1. The van der Waals surface area contributed by atoms with Crippen molar-refractivity contribution in [2.45, 2.75) is 25.1 Å². The van der Waals surface area contributed by atoms with Crippen LogP contribution in [0.15, 0.2) is 24.3 Å². The third-order valence-corrected chi connectivity index (χ3v) is 4.85. The minimum atomic E-state index is -4.43. The van der Waals surface area contributed by atoms with Gasteiger partial charge in [-0.1, -0.05) is 18.2 Å². The predicted octanol–water partition coefficient (Wildman–Crippen LogP) is 2.18. The maximum Gasteiger partial charge on any atom is 0.416 e. The van der Waals surface area contributed by atoms with Gasteiger partial charge in [0.25, 0.3) is 0 Å². The summed E-state index contributed by atoms with van der Waals surface area (Å²) < 4.78 is 39.1. The molecule has 4 nitrogen and oxygen atoms in total. The molecule has 2 saturated heterocycles. The monoisotopic (exact) mass is 377 g/mol. The Morgan fingerprint density at radius 1 is 1.16 bits per heavy atom. The lowest BCUT2D eigenvalue weighted by Crippen LogP contribution is -2.49. The lowest BCUT2D eigenvalue weighted by atomic mass is 10.0. The van der Waals surface area contributed by atoms with Crippen LogP contribution in [0.5, 0.6) is 0 Å². The van der Waals surface area contributed by atoms with Crippen LogP contribution >= 0.6 is 12.4 Å². The molecule has 0 bridgehead atoms. The summed E-state index contributed by atoms with van der Waals surface area (Å²) in [6.45, 7) is 5.06. The molecule has 8 heteroatoms. The van der Waals surface area contributed by atoms with Crippen LogP contribution in [0.3, 0.4) is 0 Å². The van der Waals surface area contributed by atoms with Gasteiger partial charge in [0.2, 0.25) is 5.91 Å². The molecule has 2 aliphatic heterocycles. The van der Waals surface area contributed by atoms with Crippen LogP contribution in [0.25, 0.3) is 0 Å². The molecule has 0 radical (unpaired) electrons. The molecule has 2 aliphatic rings. The Bertz CT molecular complexity index is 591. The quantitative estimate of drug-likeness (QED) is 0.877. The van der Waals surface area contributed by atoms with Gasteiger partial charge in [-0.05, 0) is 18.1 Å². The van der Waals surface area contributed by atoms with Gasteiger partial charge in [-0.25, -0.2) is 0 Å². The molecular weight excluding hydrogens is 355 g/mol. The van der Waals surface area contributed by atoms with Crippen molar-refractivity contribution in [1.29, 1.82) is 0 Å². The molecule has 25 heavy (non-hydrogen) atoms. The molecule has 0 spiro atoms. The molecule has 0 aromatic heterocycles. The van der Waals surface area contributed by atoms with Gasteiger partial charge < -0.3 is 10.2 Å². The first kappa shape index (κ1) is 20.0. The highest BCUT2D eigenvalue weighted by Gasteiger charge is 2.35. The molecular formula is C17H23ClF3N3O. The SMILES string of the molecule is Cl.O=C(Cc1ccccc1C(F)(F)F)N1CCC(N2CCNCC2)C1. The number of likely N-dealkylation sites (tertiary alicyclic amines) is 1. The molecule has 0 saturated carbocycles. The van der Waals surface area contributed by atoms with Crippen LogP contribution in [-0.4, -0.2) is 61.0 Å². The molecule has 2 fully saturated rings. The topological polar surface area (TPSA) is 35.6 Å². The second-order valence-corrected chi connectivity index (χ2v) is 6.40. The van der Waals surface area contributed by atoms with Crippen molar-refractivity contribution in [1.82, 2.24) is 15.1 Å². The van der Waals surface area contributed by atoms with Crippen molar-refractivity contribution < 1.29 is 18.0 Å². The Labute approximate surface area is 151 Å². The average molecular weight is 378 g/mol. The zero-order chi connectivity index (χ0) is 17.2. The number of halogens is 4. The largest absolute Gasteiger partial charge is 0.416 e. The average Bonchev–Trinajstić information content (AvgIpc) is 3.05. The van der Waals surface area contributed by atoms with Crippen molar-refractivity contribution in [3.63, 3.8) is 0 Å². The molecule has 2 heterocycles. The Morgan fingerprint density at radius 3 is 2.52 bits per heavy atom. The molecule has 3 rings (SSSR count). The van der Waals surface area contributed by atoms with E-state index < -0.39 is 11.7 Å². The number of carbonyl (C=O) groups is 1. The van der Waals surface area contributed by atoms with E-state index in [0.29, 0.717) is 19.1 Å². The van der Waals surface area contributed by atoms with Crippen LogP contribution in [0.1, 0.15) is 17.5 Å². The predicted molar refractivity (Wildman–Crippen MR) is 91.8 cm³/mol. The molecule has 1 unspecified atom stereocenters. The molecule has 140 valence electrons. The minimum Gasteiger partial charge on any atom is -0.341 e. The van der Waals surface area contributed by atoms with Crippen molar-refractivity contribution in [2.75, 3.05) is 39.3 Å². The molecule has 1 amide bonds. The van der Waals surface area contributed by atoms with Crippen LogP contribution in [-0.2, 0) is 17.4 Å². The normalized spacial score (nSPS) is 21.9. The van der Waals surface area contributed by atoms with Gasteiger partial charge in [-0.15, -0.1) is 12.4 Å². The van der Waals surface area contributed by atoms with E-state index in [0.717, 1.165) is 38.7 Å². The number of piperazine rings is 1. The molecule has 1 aromatic carbocycles. The van der Waals surface area contributed by atoms with Gasteiger partial charge in [0.1, 0.15) is 0 Å². The first-order chi connectivity index (χ1) is 11.4. The molecule has 1 N–H and O–H groups in total. The second kappa shape index (κ2) is 8.38. The van der Waals surface area contributed by atoms with E-state index in [2.05, 4.69) is 10.2 Å². The molecule has 0 aliphatic carbocycles. The lowest BCUT2D eigenvalue weighted by molar-refractivity contribution is -0.138. The number of hydrogen-bond donors (Lipinski definition) is 1. The third kappa shape index (κ3) is 4.86. The van der Waals surface area contributed by atoms with Crippen LogP contribution in [0.4, 0.5) is 13.2 Å². The Morgan fingerprint density at radius 2 is 1.84 bits per heavy atom. The van der Waals surface area contributed by atoms with E-state index in [-0.39, 0.29) is 30.3 Å². The zero-order valence-corrected chi connectivity index (χ0v) is 14.7. The number of amides is 1. The Hall–Kier alpha value is -1.31. The highest BCUT2D eigenvalue weighted by Crippen LogP contribution is 2.32. The van der Waals surface area contributed by atoms with Crippen molar-refractivity contribution in [3.8, 4) is 0 Å².